The van der Waals surface area contributed by atoms with Crippen LogP contribution in [0.5, 0.6) is 0 Å². The van der Waals surface area contributed by atoms with Gasteiger partial charge in [-0.05, 0) is 16.8 Å². The van der Waals surface area contributed by atoms with Crippen molar-refractivity contribution in [2.45, 2.75) is 0 Å². The zero-order chi connectivity index (χ0) is 10.3. The van der Waals surface area contributed by atoms with Crippen LogP contribution in [0.2, 0.25) is 0 Å². The first-order valence-electron chi connectivity index (χ1n) is 4.85. The molecule has 0 saturated carbocycles. The van der Waals surface area contributed by atoms with Crippen LogP contribution in [-0.4, -0.2) is 4.98 Å². The predicted molar refractivity (Wildman–Crippen MR) is 60.2 cm³/mol. The fraction of sp³-hybridized carbons (Fsp3) is 0. The summed E-state index contributed by atoms with van der Waals surface area (Å²) in [6, 6.07) is 12.3. The summed E-state index contributed by atoms with van der Waals surface area (Å²) in [4.78, 5) is 4.41. The molecule has 0 amide bonds. The fourth-order valence-electron chi connectivity index (χ4n) is 1.91. The van der Waals surface area contributed by atoms with Gasteiger partial charge in [0.2, 0.25) is 0 Å². The summed E-state index contributed by atoms with van der Waals surface area (Å²) < 4.78 is 1.87. The van der Waals surface area contributed by atoms with Gasteiger partial charge in [-0.3, -0.25) is 4.98 Å². The van der Waals surface area contributed by atoms with E-state index in [1.54, 1.807) is 0 Å². The summed E-state index contributed by atoms with van der Waals surface area (Å²) in [6.07, 6.45) is 3.76. The van der Waals surface area contributed by atoms with Gasteiger partial charge in [0.25, 0.3) is 0 Å². The summed E-state index contributed by atoms with van der Waals surface area (Å²) in [6.45, 7) is 0. The SMILES string of the molecule is [CH2-][n+]1cccc2ccc3cccnc3c21.[Re]. The van der Waals surface area contributed by atoms with Crippen molar-refractivity contribution in [1.29, 1.82) is 0 Å². The van der Waals surface area contributed by atoms with Crippen molar-refractivity contribution < 1.29 is 25.0 Å². The molecule has 0 bridgehead atoms. The Morgan fingerprint density at radius 3 is 2.62 bits per heavy atom. The van der Waals surface area contributed by atoms with Gasteiger partial charge in [0, 0.05) is 33.7 Å². The van der Waals surface area contributed by atoms with E-state index < -0.39 is 0 Å². The Bertz CT molecular complexity index is 650. The number of aromatic nitrogens is 2. The van der Waals surface area contributed by atoms with E-state index in [-0.39, 0.29) is 20.4 Å². The van der Waals surface area contributed by atoms with E-state index in [1.165, 1.54) is 5.39 Å². The molecule has 3 heteroatoms. The molecule has 0 aliphatic heterocycles. The normalized spacial score (nSPS) is 10.2. The van der Waals surface area contributed by atoms with Crippen LogP contribution in [0.25, 0.3) is 21.8 Å². The number of pyridine rings is 2. The quantitative estimate of drug-likeness (QED) is 0.332. The molecule has 0 saturated heterocycles. The fourth-order valence-corrected chi connectivity index (χ4v) is 1.91. The molecule has 2 heterocycles. The van der Waals surface area contributed by atoms with Crippen LogP contribution in [0.1, 0.15) is 0 Å². The smallest absolute Gasteiger partial charge is 0.138 e. The van der Waals surface area contributed by atoms with Gasteiger partial charge in [-0.25, -0.2) is 0 Å². The van der Waals surface area contributed by atoms with Gasteiger partial charge in [-0.1, -0.05) is 30.3 Å². The molecule has 0 unspecified atom stereocenters. The van der Waals surface area contributed by atoms with Crippen LogP contribution in [-0.2, 0) is 20.4 Å². The molecule has 2 nitrogen and oxygen atoms in total. The zero-order valence-corrected chi connectivity index (χ0v) is 11.3. The Kier molecular flexibility index (Phi) is 2.91. The number of nitrogens with zero attached hydrogens (tertiary/aromatic N) is 2. The number of benzene rings is 1. The molecule has 79 valence electrons. The molecule has 16 heavy (non-hydrogen) atoms. The summed E-state index contributed by atoms with van der Waals surface area (Å²) in [5.41, 5.74) is 2.08. The maximum atomic E-state index is 4.41. The second kappa shape index (κ2) is 4.21. The van der Waals surface area contributed by atoms with Crippen LogP contribution < -0.4 is 4.57 Å². The van der Waals surface area contributed by atoms with Gasteiger partial charge in [-0.15, -0.1) is 0 Å². The Hall–Kier alpha value is -1.43. The molecule has 3 aromatic rings. The van der Waals surface area contributed by atoms with Gasteiger partial charge in [-0.2, -0.15) is 0 Å². The maximum Gasteiger partial charge on any atom is 0.138 e. The molecule has 0 fully saturated rings. The third-order valence-electron chi connectivity index (χ3n) is 2.61. The minimum Gasteiger partial charge on any atom is -0.331 e. The summed E-state index contributed by atoms with van der Waals surface area (Å²) >= 11 is 0. The van der Waals surface area contributed by atoms with Crippen molar-refractivity contribution in [2.24, 2.45) is 0 Å². The molecule has 0 aliphatic rings. The Morgan fingerprint density at radius 1 is 1.00 bits per heavy atom. The molecular weight excluding hydrogens is 370 g/mol. The molecule has 0 aliphatic carbocycles. The van der Waals surface area contributed by atoms with E-state index in [4.69, 9.17) is 0 Å². The summed E-state index contributed by atoms with van der Waals surface area (Å²) in [5, 5.41) is 2.31. The van der Waals surface area contributed by atoms with E-state index in [0.29, 0.717) is 0 Å². The molecule has 3 rings (SSSR count). The van der Waals surface area contributed by atoms with E-state index in [0.717, 1.165) is 16.4 Å². The van der Waals surface area contributed by atoms with Crippen molar-refractivity contribution in [2.75, 3.05) is 0 Å². The molecule has 1 aromatic carbocycles. The zero-order valence-electron chi connectivity index (χ0n) is 8.60. The second-order valence-corrected chi connectivity index (χ2v) is 3.56. The predicted octanol–water partition coefficient (Wildman–Crippen LogP) is 2.31. The first-order chi connectivity index (χ1) is 7.36. The third kappa shape index (κ3) is 1.59. The van der Waals surface area contributed by atoms with Crippen LogP contribution >= 0.6 is 0 Å². The number of hydrogen-bond acceptors (Lipinski definition) is 1. The van der Waals surface area contributed by atoms with Gasteiger partial charge in [0.1, 0.15) is 5.52 Å². The summed E-state index contributed by atoms with van der Waals surface area (Å²) in [7, 11) is 3.98. The Balaban J connectivity index is 0.000000963. The van der Waals surface area contributed by atoms with Crippen LogP contribution in [0.15, 0.2) is 48.8 Å². The molecule has 2 aromatic heterocycles. The number of fused-ring (bicyclic) bond motifs is 3. The van der Waals surface area contributed by atoms with Crippen LogP contribution in [0, 0.1) is 7.05 Å². The van der Waals surface area contributed by atoms with Crippen molar-refractivity contribution in [1.82, 2.24) is 4.98 Å². The second-order valence-electron chi connectivity index (χ2n) is 3.56. The average Bonchev–Trinajstić information content (AvgIpc) is 2.29. The minimum absolute atomic E-state index is 0. The van der Waals surface area contributed by atoms with Crippen LogP contribution in [0.4, 0.5) is 0 Å². The molecule has 0 spiro atoms. The van der Waals surface area contributed by atoms with Crippen molar-refractivity contribution >= 4 is 21.8 Å². The van der Waals surface area contributed by atoms with Gasteiger partial charge in [0.15, 0.2) is 0 Å². The third-order valence-corrected chi connectivity index (χ3v) is 2.61. The van der Waals surface area contributed by atoms with Gasteiger partial charge < -0.3 is 4.57 Å². The van der Waals surface area contributed by atoms with Crippen molar-refractivity contribution in [3.05, 3.63) is 55.8 Å². The first kappa shape index (κ1) is 11.1. The van der Waals surface area contributed by atoms with E-state index in [1.807, 2.05) is 29.1 Å². The Labute approximate surface area is 108 Å². The van der Waals surface area contributed by atoms with Gasteiger partial charge >= 0.3 is 0 Å². The first-order valence-corrected chi connectivity index (χ1v) is 4.85. The van der Waals surface area contributed by atoms with Crippen molar-refractivity contribution in [3.8, 4) is 0 Å². The van der Waals surface area contributed by atoms with Crippen LogP contribution in [0.3, 0.4) is 0 Å². The topological polar surface area (TPSA) is 16.8 Å². The maximum absolute atomic E-state index is 4.41. The molecule has 0 N–H and O–H groups in total. The molecule has 0 atom stereocenters. The number of hydrogen-bond donors (Lipinski definition) is 0. The standard InChI is InChI=1S/C13H10N2.Re/c1-15-9-3-5-11-7-6-10-4-2-8-14-12(10)13(11)15;/h2-9H,1H2;. The average molecular weight is 380 g/mol. The van der Waals surface area contributed by atoms with Crippen molar-refractivity contribution in [3.63, 3.8) is 0 Å². The molecular formula is C13H10N2Re. The molecule has 1 radical (unpaired) electrons. The monoisotopic (exact) mass is 381 g/mol. The van der Waals surface area contributed by atoms with E-state index >= 15 is 0 Å². The van der Waals surface area contributed by atoms with E-state index in [2.05, 4.69) is 36.3 Å². The van der Waals surface area contributed by atoms with Gasteiger partial charge in [0.05, 0.1) is 11.7 Å². The largest absolute Gasteiger partial charge is 0.331 e. The minimum atomic E-state index is 0. The summed E-state index contributed by atoms with van der Waals surface area (Å²) in [5.74, 6) is 0. The Morgan fingerprint density at radius 2 is 1.75 bits per heavy atom. The van der Waals surface area contributed by atoms with E-state index in [9.17, 15) is 0 Å². The number of rotatable bonds is 0.